The number of hydrogen-bond acceptors (Lipinski definition) is 3. The fourth-order valence-corrected chi connectivity index (χ4v) is 3.88. The van der Waals surface area contributed by atoms with E-state index in [1.54, 1.807) is 24.3 Å². The van der Waals surface area contributed by atoms with Gasteiger partial charge >= 0.3 is 0 Å². The molecule has 2 aromatic carbocycles. The van der Waals surface area contributed by atoms with E-state index in [-0.39, 0.29) is 29.2 Å². The van der Waals surface area contributed by atoms with E-state index in [9.17, 15) is 14.4 Å². The second kappa shape index (κ2) is 9.09. The number of Topliss-reactive ketones (excluding diaryl/α,β-unsaturated/α-hetero) is 3. The van der Waals surface area contributed by atoms with Crippen LogP contribution in [0.25, 0.3) is 0 Å². The van der Waals surface area contributed by atoms with E-state index in [2.05, 4.69) is 0 Å². The van der Waals surface area contributed by atoms with Crippen LogP contribution in [-0.2, 0) is 4.79 Å². The van der Waals surface area contributed by atoms with Gasteiger partial charge in [-0.3, -0.25) is 14.4 Å². The van der Waals surface area contributed by atoms with Crippen molar-refractivity contribution in [1.82, 2.24) is 0 Å². The van der Waals surface area contributed by atoms with Gasteiger partial charge in [-0.25, -0.2) is 0 Å². The van der Waals surface area contributed by atoms with Gasteiger partial charge in [-0.15, -0.1) is 0 Å². The first-order valence-electron chi connectivity index (χ1n) is 9.45. The molecule has 4 heteroatoms. The molecule has 0 heterocycles. The average molecular weight is 383 g/mol. The number of ketones is 3. The van der Waals surface area contributed by atoms with Gasteiger partial charge < -0.3 is 0 Å². The number of carbonyl (C=O) groups is 3. The quantitative estimate of drug-likeness (QED) is 0.561. The van der Waals surface area contributed by atoms with Gasteiger partial charge in [-0.05, 0) is 49.9 Å². The SMILES string of the molecule is O=C(CC[C@@H]1CC[C@@H](CCC(=O)c2ccc(Cl)cc2)C1=O)c1ccccc1. The molecule has 0 aliphatic heterocycles. The lowest BCUT2D eigenvalue weighted by molar-refractivity contribution is -0.124. The Kier molecular flexibility index (Phi) is 6.57. The van der Waals surface area contributed by atoms with E-state index in [1.165, 1.54) is 0 Å². The Hall–Kier alpha value is -2.26. The number of benzene rings is 2. The smallest absolute Gasteiger partial charge is 0.162 e. The average Bonchev–Trinajstić information content (AvgIpc) is 3.05. The second-order valence-corrected chi connectivity index (χ2v) is 7.61. The van der Waals surface area contributed by atoms with Crippen molar-refractivity contribution in [3.05, 3.63) is 70.7 Å². The van der Waals surface area contributed by atoms with E-state index in [4.69, 9.17) is 11.6 Å². The molecule has 0 bridgehead atoms. The van der Waals surface area contributed by atoms with Gasteiger partial charge in [-0.2, -0.15) is 0 Å². The lowest BCUT2D eigenvalue weighted by Gasteiger charge is -2.10. The van der Waals surface area contributed by atoms with Crippen molar-refractivity contribution in [3.63, 3.8) is 0 Å². The Morgan fingerprint density at radius 3 is 1.78 bits per heavy atom. The van der Waals surface area contributed by atoms with Crippen LogP contribution in [0.5, 0.6) is 0 Å². The Labute approximate surface area is 164 Å². The molecular formula is C23H23ClO3. The van der Waals surface area contributed by atoms with Crippen molar-refractivity contribution in [2.24, 2.45) is 11.8 Å². The topological polar surface area (TPSA) is 51.2 Å². The summed E-state index contributed by atoms with van der Waals surface area (Å²) in [6.45, 7) is 0. The van der Waals surface area contributed by atoms with Gasteiger partial charge in [-0.1, -0.05) is 41.9 Å². The highest BCUT2D eigenvalue weighted by Gasteiger charge is 2.34. The fourth-order valence-electron chi connectivity index (χ4n) is 3.75. The standard InChI is InChI=1S/C23H23ClO3/c24-20-12-8-17(9-13-20)22(26)15-11-19-7-6-18(23(19)27)10-14-21(25)16-4-2-1-3-5-16/h1-5,8-9,12-13,18-19H,6-7,10-11,14-15H2/t18-,19-/m0/s1. The third-order valence-corrected chi connectivity index (χ3v) is 5.62. The summed E-state index contributed by atoms with van der Waals surface area (Å²) in [5, 5.41) is 0.602. The molecule has 0 radical (unpaired) electrons. The molecule has 0 N–H and O–H groups in total. The van der Waals surface area contributed by atoms with Crippen LogP contribution in [0.4, 0.5) is 0 Å². The van der Waals surface area contributed by atoms with Gasteiger partial charge in [0.05, 0.1) is 0 Å². The molecule has 1 aliphatic rings. The van der Waals surface area contributed by atoms with Crippen LogP contribution in [-0.4, -0.2) is 17.3 Å². The molecule has 0 saturated heterocycles. The minimum Gasteiger partial charge on any atom is -0.299 e. The molecule has 0 unspecified atom stereocenters. The van der Waals surface area contributed by atoms with E-state index in [0.29, 0.717) is 41.8 Å². The lowest BCUT2D eigenvalue weighted by atomic mass is 9.92. The van der Waals surface area contributed by atoms with E-state index < -0.39 is 0 Å². The Bertz CT molecular complexity index is 811. The zero-order chi connectivity index (χ0) is 19.2. The second-order valence-electron chi connectivity index (χ2n) is 7.17. The highest BCUT2D eigenvalue weighted by Crippen LogP contribution is 2.34. The normalized spacial score (nSPS) is 19.2. The molecule has 140 valence electrons. The van der Waals surface area contributed by atoms with Gasteiger partial charge in [0.1, 0.15) is 5.78 Å². The van der Waals surface area contributed by atoms with Crippen LogP contribution < -0.4 is 0 Å². The van der Waals surface area contributed by atoms with Crippen LogP contribution in [0.1, 0.15) is 59.2 Å². The summed E-state index contributed by atoms with van der Waals surface area (Å²) in [5.41, 5.74) is 1.34. The molecule has 2 atom stereocenters. The summed E-state index contributed by atoms with van der Waals surface area (Å²) in [4.78, 5) is 37.1. The summed E-state index contributed by atoms with van der Waals surface area (Å²) in [6, 6.07) is 16.0. The predicted octanol–water partition coefficient (Wildman–Crippen LogP) is 5.56. The number of rotatable bonds is 8. The van der Waals surface area contributed by atoms with Crippen molar-refractivity contribution in [1.29, 1.82) is 0 Å². The Morgan fingerprint density at radius 2 is 1.26 bits per heavy atom. The van der Waals surface area contributed by atoms with Gasteiger partial charge in [0.15, 0.2) is 11.6 Å². The molecule has 0 amide bonds. The van der Waals surface area contributed by atoms with Crippen molar-refractivity contribution < 1.29 is 14.4 Å². The molecule has 3 nitrogen and oxygen atoms in total. The molecule has 1 fully saturated rings. The molecule has 1 aliphatic carbocycles. The van der Waals surface area contributed by atoms with Crippen molar-refractivity contribution in [2.45, 2.75) is 38.5 Å². The van der Waals surface area contributed by atoms with E-state index in [1.807, 2.05) is 30.3 Å². The molecule has 2 aromatic rings. The fraction of sp³-hybridized carbons (Fsp3) is 0.348. The van der Waals surface area contributed by atoms with Crippen LogP contribution in [0.3, 0.4) is 0 Å². The number of carbonyl (C=O) groups excluding carboxylic acids is 3. The summed E-state index contributed by atoms with van der Waals surface area (Å²) < 4.78 is 0. The van der Waals surface area contributed by atoms with Crippen LogP contribution in [0.15, 0.2) is 54.6 Å². The van der Waals surface area contributed by atoms with E-state index in [0.717, 1.165) is 12.8 Å². The van der Waals surface area contributed by atoms with Crippen molar-refractivity contribution in [2.75, 3.05) is 0 Å². The van der Waals surface area contributed by atoms with Crippen LogP contribution >= 0.6 is 11.6 Å². The maximum atomic E-state index is 12.6. The molecular weight excluding hydrogens is 360 g/mol. The molecule has 27 heavy (non-hydrogen) atoms. The van der Waals surface area contributed by atoms with Crippen molar-refractivity contribution >= 4 is 29.0 Å². The van der Waals surface area contributed by atoms with Crippen LogP contribution in [0.2, 0.25) is 5.02 Å². The summed E-state index contributed by atoms with van der Waals surface area (Å²) >= 11 is 5.84. The van der Waals surface area contributed by atoms with Crippen LogP contribution in [0, 0.1) is 11.8 Å². The predicted molar refractivity (Wildman–Crippen MR) is 106 cm³/mol. The summed E-state index contributed by atoms with van der Waals surface area (Å²) in [6.07, 6.45) is 3.60. The minimum absolute atomic E-state index is 0.0437. The van der Waals surface area contributed by atoms with Crippen molar-refractivity contribution in [3.8, 4) is 0 Å². The first-order chi connectivity index (χ1) is 13.0. The maximum absolute atomic E-state index is 12.6. The van der Waals surface area contributed by atoms with Gasteiger partial charge in [0.25, 0.3) is 0 Å². The lowest BCUT2D eigenvalue weighted by Crippen LogP contribution is -2.16. The first-order valence-corrected chi connectivity index (χ1v) is 9.83. The Morgan fingerprint density at radius 1 is 0.778 bits per heavy atom. The third kappa shape index (κ3) is 5.14. The largest absolute Gasteiger partial charge is 0.299 e. The Balaban J connectivity index is 1.46. The van der Waals surface area contributed by atoms with Gasteiger partial charge in [0.2, 0.25) is 0 Å². The molecule has 0 spiro atoms. The monoisotopic (exact) mass is 382 g/mol. The first kappa shape index (κ1) is 19.5. The third-order valence-electron chi connectivity index (χ3n) is 5.37. The molecule has 1 saturated carbocycles. The maximum Gasteiger partial charge on any atom is 0.162 e. The zero-order valence-electron chi connectivity index (χ0n) is 15.2. The highest BCUT2D eigenvalue weighted by atomic mass is 35.5. The molecule has 0 aromatic heterocycles. The number of halogens is 1. The minimum atomic E-state index is -0.0573. The number of hydrogen-bond donors (Lipinski definition) is 0. The van der Waals surface area contributed by atoms with E-state index >= 15 is 0 Å². The zero-order valence-corrected chi connectivity index (χ0v) is 16.0. The molecule has 3 rings (SSSR count). The summed E-state index contributed by atoms with van der Waals surface area (Å²) in [5.74, 6) is 0.248. The summed E-state index contributed by atoms with van der Waals surface area (Å²) in [7, 11) is 0. The van der Waals surface area contributed by atoms with Gasteiger partial charge in [0, 0.05) is 40.8 Å². The highest BCUT2D eigenvalue weighted by molar-refractivity contribution is 6.30.